The average Bonchev–Trinajstić information content (AvgIpc) is 2.76. The average molecular weight is 808 g/mol. The molecule has 0 fully saturated rings. The molecule has 0 aromatic heterocycles. The summed E-state index contributed by atoms with van der Waals surface area (Å²) in [5, 5.41) is 0. The number of benzene rings is 1. The molecule has 42 heavy (non-hydrogen) atoms. The molecule has 0 aliphatic heterocycles. The molecule has 0 N–H and O–H groups in total. The summed E-state index contributed by atoms with van der Waals surface area (Å²) in [7, 11) is -3.92. The van der Waals surface area contributed by atoms with Crippen molar-refractivity contribution in [2.45, 2.75) is 45.6 Å². The lowest BCUT2D eigenvalue weighted by atomic mass is 9.91. The highest BCUT2D eigenvalue weighted by Crippen LogP contribution is 2.63. The lowest BCUT2D eigenvalue weighted by Crippen LogP contribution is -3.68. The van der Waals surface area contributed by atoms with Gasteiger partial charge in [-0.2, -0.15) is 83.4 Å². The van der Waals surface area contributed by atoms with Crippen LogP contribution in [0.5, 0.6) is 0 Å². The Balaban J connectivity index is 0.00000308. The van der Waals surface area contributed by atoms with Gasteiger partial charge >= 0.3 is 66.8 Å². The molecule has 0 atom stereocenters. The van der Waals surface area contributed by atoms with Crippen LogP contribution in [0.2, 0.25) is 0 Å². The van der Waals surface area contributed by atoms with Gasteiger partial charge in [0.2, 0.25) is 29.1 Å². The van der Waals surface area contributed by atoms with Crippen LogP contribution >= 0.6 is 0 Å². The molecule has 1 rings (SSSR count). The summed E-state index contributed by atoms with van der Waals surface area (Å²) in [4.78, 5) is 0. The fraction of sp³-hybridized carbons (Fsp3) is 0.600. The molecule has 0 saturated carbocycles. The summed E-state index contributed by atoms with van der Waals surface area (Å²) in [5.41, 5.74) is 0. The van der Waals surface area contributed by atoms with Gasteiger partial charge in [0.15, 0.2) is 0 Å². The Kier molecular flexibility index (Phi) is 10.9. The second-order valence-corrected chi connectivity index (χ2v) is 11.5. The van der Waals surface area contributed by atoms with Crippen LogP contribution in [0.1, 0.15) is 0 Å². The van der Waals surface area contributed by atoms with Crippen LogP contribution in [0, 0.1) is 32.7 Å². The first-order chi connectivity index (χ1) is 17.9. The van der Waals surface area contributed by atoms with Crippen molar-refractivity contribution in [1.82, 2.24) is 0 Å². The molecule has 248 valence electrons. The Morgan fingerprint density at radius 1 is 0.476 bits per heavy atom. The topological polar surface area (TPSA) is 57.2 Å². The standard InChI is InChI=1S/C14F22I.CH4O3S/c15-1-2(16)4(18)6(5(19)3(1)17)37-14(35,36)12(30,31)10(26,27)8(22,23)7(20,21)9(24,25)11(28,29)13(32,33)34;1-5(2,3)4/h;1H3,(H,2,3,4)/q+1;/p-1. The van der Waals surface area contributed by atoms with Gasteiger partial charge in [0.1, 0.15) is 0 Å². The van der Waals surface area contributed by atoms with Crippen molar-refractivity contribution < 1.29 is 131 Å². The van der Waals surface area contributed by atoms with E-state index in [0.717, 1.165) is 0 Å². The van der Waals surface area contributed by atoms with Gasteiger partial charge in [-0.05, 0) is 0 Å². The van der Waals surface area contributed by atoms with Crippen molar-refractivity contribution in [2.75, 3.05) is 6.26 Å². The van der Waals surface area contributed by atoms with Gasteiger partial charge in [-0.25, -0.2) is 21.6 Å². The monoisotopic (exact) mass is 808 g/mol. The molecule has 0 aliphatic rings. The molecule has 1 aromatic rings. The van der Waals surface area contributed by atoms with Crippen LogP contribution < -0.4 is 21.2 Å². The summed E-state index contributed by atoms with van der Waals surface area (Å²) in [6, 6.07) is 0. The minimum Gasteiger partial charge on any atom is -0.748 e. The first kappa shape index (κ1) is 40.3. The van der Waals surface area contributed by atoms with Gasteiger partial charge in [0, 0.05) is 6.26 Å². The van der Waals surface area contributed by atoms with E-state index in [-0.39, 0.29) is 0 Å². The number of alkyl halides is 18. The van der Waals surface area contributed by atoms with Crippen molar-refractivity contribution in [3.05, 3.63) is 32.7 Å². The third-order valence-electron chi connectivity index (χ3n) is 4.05. The molecule has 27 heteroatoms. The van der Waals surface area contributed by atoms with E-state index in [1.807, 2.05) is 0 Å². The minimum absolute atomic E-state index is 0.604. The second kappa shape index (κ2) is 11.4. The van der Waals surface area contributed by atoms with E-state index in [1.54, 1.807) is 0 Å². The molecule has 0 saturated heterocycles. The first-order valence-electron chi connectivity index (χ1n) is 8.69. The van der Waals surface area contributed by atoms with Crippen LogP contribution in [0.3, 0.4) is 0 Å². The van der Waals surface area contributed by atoms with Crippen molar-refractivity contribution >= 4 is 10.1 Å². The Bertz CT molecular complexity index is 1230. The van der Waals surface area contributed by atoms with Crippen molar-refractivity contribution in [1.29, 1.82) is 0 Å². The zero-order valence-electron chi connectivity index (χ0n) is 18.3. The van der Waals surface area contributed by atoms with E-state index in [2.05, 4.69) is 0 Å². The molecule has 0 spiro atoms. The SMILES string of the molecule is CS(=O)(=O)[O-].Fc1c(F)c(F)c([I+]C(F)(F)C(F)(F)C(F)(F)C(F)(F)C(F)(F)C(F)(F)C(F)(F)C(F)(F)F)c(F)c1F. The zero-order chi connectivity index (χ0) is 34.7. The first-order valence-corrected chi connectivity index (χ1v) is 12.7. The molecular formula is C15H3F22IO3S. The fourth-order valence-corrected chi connectivity index (χ4v) is 4.29. The summed E-state index contributed by atoms with van der Waals surface area (Å²) in [6.07, 6.45) is -7.35. The maximum absolute atomic E-state index is 13.8. The predicted molar refractivity (Wildman–Crippen MR) is 81.2 cm³/mol. The van der Waals surface area contributed by atoms with Gasteiger partial charge in [-0.3, -0.25) is 0 Å². The highest BCUT2D eigenvalue weighted by Gasteiger charge is 2.97. The van der Waals surface area contributed by atoms with Gasteiger partial charge in [0.25, 0.3) is 3.57 Å². The Morgan fingerprint density at radius 3 is 0.952 bits per heavy atom. The number of halogens is 23. The lowest BCUT2D eigenvalue weighted by molar-refractivity contribution is -0.794. The van der Waals surface area contributed by atoms with Crippen LogP contribution in [0.15, 0.2) is 0 Å². The van der Waals surface area contributed by atoms with Crippen LogP contribution in [-0.2, 0) is 10.1 Å². The van der Waals surface area contributed by atoms with Crippen molar-refractivity contribution in [3.8, 4) is 0 Å². The summed E-state index contributed by atoms with van der Waals surface area (Å²) in [5.74, 6) is -68.5. The minimum atomic E-state index is -8.94. The predicted octanol–water partition coefficient (Wildman–Crippen LogP) is 3.77. The second-order valence-electron chi connectivity index (χ2n) is 7.12. The highest BCUT2D eigenvalue weighted by molar-refractivity contribution is 7.84. The van der Waals surface area contributed by atoms with Crippen molar-refractivity contribution in [2.24, 2.45) is 0 Å². The fourth-order valence-electron chi connectivity index (χ4n) is 1.98. The number of hydrogen-bond donors (Lipinski definition) is 0. The quantitative estimate of drug-likeness (QED) is 0.101. The number of hydrogen-bond acceptors (Lipinski definition) is 3. The van der Waals surface area contributed by atoms with Gasteiger partial charge in [0.05, 0.1) is 10.1 Å². The van der Waals surface area contributed by atoms with Gasteiger partial charge in [-0.1, -0.05) is 0 Å². The Labute approximate surface area is 225 Å². The largest absolute Gasteiger partial charge is 0.748 e. The summed E-state index contributed by atoms with van der Waals surface area (Å²) < 4.78 is 306. The van der Waals surface area contributed by atoms with E-state index in [9.17, 15) is 96.6 Å². The normalized spacial score (nSPS) is 15.0. The van der Waals surface area contributed by atoms with E-state index in [1.165, 1.54) is 0 Å². The number of rotatable bonds is 8. The Morgan fingerprint density at radius 2 is 0.690 bits per heavy atom. The summed E-state index contributed by atoms with van der Waals surface area (Å²) >= 11 is -5.27. The molecule has 0 heterocycles. The molecule has 0 unspecified atom stereocenters. The molecule has 0 aliphatic carbocycles. The maximum Gasteiger partial charge on any atom is 0.517 e. The molecule has 0 radical (unpaired) electrons. The Hall–Kier alpha value is -1.68. The van der Waals surface area contributed by atoms with E-state index in [0.29, 0.717) is 6.26 Å². The third kappa shape index (κ3) is 6.54. The summed E-state index contributed by atoms with van der Waals surface area (Å²) in [6.45, 7) is 0. The molecule has 1 aromatic carbocycles. The molecule has 0 amide bonds. The van der Waals surface area contributed by atoms with Crippen LogP contribution in [0.4, 0.5) is 96.6 Å². The van der Waals surface area contributed by atoms with Crippen LogP contribution in [-0.4, -0.2) is 64.9 Å². The maximum atomic E-state index is 13.8. The highest BCUT2D eigenvalue weighted by atomic mass is 127. The smallest absolute Gasteiger partial charge is 0.517 e. The zero-order valence-corrected chi connectivity index (χ0v) is 21.3. The van der Waals surface area contributed by atoms with E-state index in [4.69, 9.17) is 13.0 Å². The molecule has 3 nitrogen and oxygen atoms in total. The third-order valence-corrected chi connectivity index (χ3v) is 6.89. The van der Waals surface area contributed by atoms with Crippen LogP contribution in [0.25, 0.3) is 0 Å². The molecule has 0 bridgehead atoms. The van der Waals surface area contributed by atoms with E-state index < -0.39 is 110 Å². The van der Waals surface area contributed by atoms with Gasteiger partial charge < -0.3 is 4.55 Å². The van der Waals surface area contributed by atoms with E-state index >= 15 is 0 Å². The van der Waals surface area contributed by atoms with Crippen molar-refractivity contribution in [3.63, 3.8) is 0 Å². The van der Waals surface area contributed by atoms with Gasteiger partial charge in [-0.15, -0.1) is 0 Å². The molecular weight excluding hydrogens is 805 g/mol. The lowest BCUT2D eigenvalue weighted by Gasteiger charge is -2.41.